The van der Waals surface area contributed by atoms with Crippen LogP contribution < -0.4 is 14.8 Å². The van der Waals surface area contributed by atoms with Crippen molar-refractivity contribution >= 4 is 18.1 Å². The molecule has 0 spiro atoms. The third-order valence-corrected chi connectivity index (χ3v) is 4.30. The maximum atomic E-state index is 12.2. The van der Waals surface area contributed by atoms with Crippen LogP contribution in [0.25, 0.3) is 0 Å². The number of hydrogen-bond acceptors (Lipinski definition) is 5. The molecule has 120 valence electrons. The normalized spacial score (nSPS) is 15.7. The Morgan fingerprint density at radius 2 is 2.22 bits per heavy atom. The minimum Gasteiger partial charge on any atom is -0.454 e. The minimum absolute atomic E-state index is 0.147. The minimum atomic E-state index is -0.147. The van der Waals surface area contributed by atoms with Gasteiger partial charge in [-0.2, -0.15) is 5.10 Å². The second-order valence-corrected chi connectivity index (χ2v) is 6.02. The van der Waals surface area contributed by atoms with E-state index in [0.717, 1.165) is 18.7 Å². The lowest BCUT2D eigenvalue weighted by atomic mass is 10.2. The Kier molecular flexibility index (Phi) is 3.53. The van der Waals surface area contributed by atoms with Crippen LogP contribution in [0.3, 0.4) is 0 Å². The molecule has 2 heterocycles. The molecule has 1 aliphatic heterocycles. The monoisotopic (exact) mass is 332 g/mol. The molecule has 0 saturated heterocycles. The van der Waals surface area contributed by atoms with Crippen LogP contribution in [-0.2, 0) is 6.54 Å². The quantitative estimate of drug-likeness (QED) is 0.818. The van der Waals surface area contributed by atoms with Crippen molar-refractivity contribution in [1.29, 1.82) is 0 Å². The number of hydrogen-bond donors (Lipinski definition) is 2. The highest BCUT2D eigenvalue weighted by atomic mass is 32.1. The molecule has 1 aliphatic carbocycles. The number of rotatable bonds is 5. The number of H-pyrrole nitrogens is 1. The van der Waals surface area contributed by atoms with Crippen LogP contribution in [-0.4, -0.2) is 34.0 Å². The highest BCUT2D eigenvalue weighted by Crippen LogP contribution is 2.38. The maximum absolute atomic E-state index is 12.2. The first-order valence-corrected chi connectivity index (χ1v) is 7.96. The fourth-order valence-corrected chi connectivity index (χ4v) is 2.85. The van der Waals surface area contributed by atoms with Crippen LogP contribution in [0.1, 0.15) is 34.9 Å². The lowest BCUT2D eigenvalue weighted by Gasteiger charge is -2.08. The van der Waals surface area contributed by atoms with Gasteiger partial charge in [-0.05, 0) is 43.3 Å². The summed E-state index contributed by atoms with van der Waals surface area (Å²) in [5.74, 6) is 2.62. The van der Waals surface area contributed by atoms with Gasteiger partial charge in [0.05, 0.1) is 0 Å². The van der Waals surface area contributed by atoms with E-state index < -0.39 is 0 Å². The van der Waals surface area contributed by atoms with Gasteiger partial charge in [0.2, 0.25) is 6.79 Å². The number of ether oxygens (including phenoxy) is 2. The van der Waals surface area contributed by atoms with Gasteiger partial charge in [-0.1, -0.05) is 0 Å². The summed E-state index contributed by atoms with van der Waals surface area (Å²) >= 11 is 5.25. The van der Waals surface area contributed by atoms with Gasteiger partial charge in [-0.25, -0.2) is 0 Å². The van der Waals surface area contributed by atoms with Gasteiger partial charge in [0.15, 0.2) is 16.3 Å². The highest BCUT2D eigenvalue weighted by molar-refractivity contribution is 7.71. The van der Waals surface area contributed by atoms with Crippen molar-refractivity contribution in [3.63, 3.8) is 0 Å². The number of nitrogens with one attached hydrogen (secondary N) is 2. The molecule has 0 unspecified atom stereocenters. The van der Waals surface area contributed by atoms with Crippen molar-refractivity contribution in [2.45, 2.75) is 25.3 Å². The molecule has 0 atom stereocenters. The van der Waals surface area contributed by atoms with Gasteiger partial charge >= 0.3 is 0 Å². The fourth-order valence-electron chi connectivity index (χ4n) is 2.62. The van der Waals surface area contributed by atoms with Gasteiger partial charge in [0.25, 0.3) is 5.91 Å². The van der Waals surface area contributed by atoms with Crippen molar-refractivity contribution in [1.82, 2.24) is 20.1 Å². The second kappa shape index (κ2) is 5.69. The van der Waals surface area contributed by atoms with E-state index in [-0.39, 0.29) is 12.7 Å². The predicted molar refractivity (Wildman–Crippen MR) is 84.3 cm³/mol. The molecule has 0 radical (unpaired) electrons. The molecule has 2 N–H and O–H groups in total. The standard InChI is InChI=1S/C15H16N4O3S/c20-14(10-3-4-11-12(7-10)22-8-21-11)16-5-6-19-13(9-1-2-9)17-18-15(19)23/h3-4,7,9H,1-2,5-6,8H2,(H,16,20)(H,18,23). The molecular weight excluding hydrogens is 316 g/mol. The van der Waals surface area contributed by atoms with Crippen LogP contribution in [0.2, 0.25) is 0 Å². The van der Waals surface area contributed by atoms with Crippen LogP contribution in [0.5, 0.6) is 11.5 Å². The van der Waals surface area contributed by atoms with Crippen LogP contribution >= 0.6 is 12.2 Å². The number of fused-ring (bicyclic) bond motifs is 1. The first-order valence-electron chi connectivity index (χ1n) is 7.55. The van der Waals surface area contributed by atoms with Crippen molar-refractivity contribution in [3.8, 4) is 11.5 Å². The number of amides is 1. The number of nitrogens with zero attached hydrogens (tertiary/aromatic N) is 2. The van der Waals surface area contributed by atoms with Gasteiger partial charge in [0.1, 0.15) is 5.82 Å². The fraction of sp³-hybridized carbons (Fsp3) is 0.400. The Hall–Kier alpha value is -2.35. The molecule has 1 fully saturated rings. The summed E-state index contributed by atoms with van der Waals surface area (Å²) in [4.78, 5) is 12.2. The van der Waals surface area contributed by atoms with Crippen LogP contribution in [0.4, 0.5) is 0 Å². The Morgan fingerprint density at radius 1 is 1.39 bits per heavy atom. The molecule has 7 nitrogen and oxygen atoms in total. The van der Waals surface area contributed by atoms with E-state index in [1.807, 2.05) is 4.57 Å². The second-order valence-electron chi connectivity index (χ2n) is 5.64. The van der Waals surface area contributed by atoms with E-state index >= 15 is 0 Å². The molecule has 1 aromatic heterocycles. The van der Waals surface area contributed by atoms with Crippen LogP contribution in [0.15, 0.2) is 18.2 Å². The molecule has 8 heteroatoms. The number of carbonyl (C=O) groups excluding carboxylic acids is 1. The third kappa shape index (κ3) is 2.81. The number of aromatic amines is 1. The van der Waals surface area contributed by atoms with Gasteiger partial charge in [-0.15, -0.1) is 0 Å². The predicted octanol–water partition coefficient (Wildman–Crippen LogP) is 1.98. The Labute approximate surface area is 137 Å². The Bertz CT molecular complexity index is 809. The molecule has 1 amide bonds. The lowest BCUT2D eigenvalue weighted by molar-refractivity contribution is 0.0951. The van der Waals surface area contributed by atoms with Crippen molar-refractivity contribution in [2.75, 3.05) is 13.3 Å². The van der Waals surface area contributed by atoms with E-state index in [1.54, 1.807) is 18.2 Å². The summed E-state index contributed by atoms with van der Waals surface area (Å²) in [5, 5.41) is 10.0. The largest absolute Gasteiger partial charge is 0.454 e. The Morgan fingerprint density at radius 3 is 3.04 bits per heavy atom. The van der Waals surface area contributed by atoms with Crippen molar-refractivity contribution in [2.24, 2.45) is 0 Å². The molecule has 0 bridgehead atoms. The average molecular weight is 332 g/mol. The summed E-state index contributed by atoms with van der Waals surface area (Å²) in [7, 11) is 0. The van der Waals surface area contributed by atoms with Gasteiger partial charge in [-0.3, -0.25) is 9.89 Å². The summed E-state index contributed by atoms with van der Waals surface area (Å²) in [5.41, 5.74) is 0.549. The van der Waals surface area contributed by atoms with Crippen molar-refractivity contribution < 1.29 is 14.3 Å². The number of benzene rings is 1. The molecule has 4 rings (SSSR count). The van der Waals surface area contributed by atoms with Gasteiger partial charge in [0, 0.05) is 24.6 Å². The molecule has 1 aromatic carbocycles. The first-order chi connectivity index (χ1) is 11.2. The SMILES string of the molecule is O=C(NCCn1c(C2CC2)n[nH]c1=S)c1ccc2c(c1)OCO2. The van der Waals surface area contributed by atoms with E-state index in [1.165, 1.54) is 0 Å². The summed E-state index contributed by atoms with van der Waals surface area (Å²) in [6.07, 6.45) is 2.31. The molecule has 23 heavy (non-hydrogen) atoms. The highest BCUT2D eigenvalue weighted by Gasteiger charge is 2.28. The van der Waals surface area contributed by atoms with Gasteiger partial charge < -0.3 is 19.4 Å². The number of carbonyl (C=O) groups is 1. The molecule has 2 aliphatic rings. The Balaban J connectivity index is 1.39. The van der Waals surface area contributed by atoms with Crippen molar-refractivity contribution in [3.05, 3.63) is 34.4 Å². The summed E-state index contributed by atoms with van der Waals surface area (Å²) in [6.45, 7) is 1.29. The van der Waals surface area contributed by atoms with Crippen LogP contribution in [0, 0.1) is 4.77 Å². The summed E-state index contributed by atoms with van der Waals surface area (Å²) < 4.78 is 13.1. The maximum Gasteiger partial charge on any atom is 0.251 e. The zero-order chi connectivity index (χ0) is 15.8. The van der Waals surface area contributed by atoms with E-state index in [0.29, 0.717) is 40.8 Å². The average Bonchev–Trinajstić information content (AvgIpc) is 3.17. The third-order valence-electron chi connectivity index (χ3n) is 3.99. The number of aromatic nitrogens is 3. The molecule has 1 saturated carbocycles. The zero-order valence-corrected chi connectivity index (χ0v) is 13.2. The smallest absolute Gasteiger partial charge is 0.251 e. The van der Waals surface area contributed by atoms with E-state index in [2.05, 4.69) is 15.5 Å². The first kappa shape index (κ1) is 14.3. The summed E-state index contributed by atoms with van der Waals surface area (Å²) in [6, 6.07) is 5.16. The zero-order valence-electron chi connectivity index (χ0n) is 12.4. The van der Waals surface area contributed by atoms with E-state index in [9.17, 15) is 4.79 Å². The van der Waals surface area contributed by atoms with E-state index in [4.69, 9.17) is 21.7 Å². The molecular formula is C15H16N4O3S. The lowest BCUT2D eigenvalue weighted by Crippen LogP contribution is -2.27. The molecule has 2 aromatic rings. The topological polar surface area (TPSA) is 81.2 Å².